The van der Waals surface area contributed by atoms with Crippen molar-refractivity contribution in [2.45, 2.75) is 31.0 Å². The molecule has 1 aromatic heterocycles. The van der Waals surface area contributed by atoms with Crippen LogP contribution in [-0.2, 0) is 9.59 Å². The molecule has 0 aliphatic heterocycles. The Bertz CT molecular complexity index is 642. The first kappa shape index (κ1) is 16.3. The lowest BCUT2D eigenvalue weighted by atomic mass is 10.5. The summed E-state index contributed by atoms with van der Waals surface area (Å²) in [4.78, 5) is 36.5. The summed E-state index contributed by atoms with van der Waals surface area (Å²) < 4.78 is 0.861. The van der Waals surface area contributed by atoms with Crippen molar-refractivity contribution in [3.8, 4) is 0 Å². The number of thioether (sulfide) groups is 1. The molecule has 10 heteroatoms. The Morgan fingerprint density at radius 1 is 1.45 bits per heavy atom. The van der Waals surface area contributed by atoms with Crippen molar-refractivity contribution < 1.29 is 9.59 Å². The zero-order valence-corrected chi connectivity index (χ0v) is 13.2. The number of nitrogens with two attached hydrogens (primary N) is 1. The minimum Gasteiger partial charge on any atom is -0.352 e. The summed E-state index contributed by atoms with van der Waals surface area (Å²) in [6.45, 7) is 1.51. The van der Waals surface area contributed by atoms with Crippen LogP contribution in [0.2, 0.25) is 0 Å². The second-order valence-electron chi connectivity index (χ2n) is 5.12. The van der Waals surface area contributed by atoms with Crippen LogP contribution < -0.4 is 16.7 Å². The van der Waals surface area contributed by atoms with E-state index in [1.165, 1.54) is 11.8 Å². The van der Waals surface area contributed by atoms with E-state index in [2.05, 4.69) is 15.5 Å². The van der Waals surface area contributed by atoms with Gasteiger partial charge in [-0.25, -0.2) is 0 Å². The van der Waals surface area contributed by atoms with E-state index in [1.54, 1.807) is 7.05 Å². The Morgan fingerprint density at radius 2 is 2.14 bits per heavy atom. The zero-order valence-electron chi connectivity index (χ0n) is 12.4. The van der Waals surface area contributed by atoms with Crippen LogP contribution in [0.4, 0.5) is 0 Å². The van der Waals surface area contributed by atoms with Gasteiger partial charge in [-0.15, -0.1) is 10.2 Å². The van der Waals surface area contributed by atoms with E-state index < -0.39 is 5.56 Å². The maximum Gasteiger partial charge on any atom is 0.294 e. The van der Waals surface area contributed by atoms with Crippen LogP contribution >= 0.6 is 11.8 Å². The van der Waals surface area contributed by atoms with E-state index in [-0.39, 0.29) is 41.0 Å². The lowest BCUT2D eigenvalue weighted by Crippen LogP contribution is -2.40. The number of hydrogen-bond donors (Lipinski definition) is 2. The molecule has 1 aliphatic carbocycles. The Morgan fingerprint density at radius 3 is 2.77 bits per heavy atom. The monoisotopic (exact) mass is 326 g/mol. The van der Waals surface area contributed by atoms with Gasteiger partial charge in [0.1, 0.15) is 5.69 Å². The number of hydrogen-bond acceptors (Lipinski definition) is 7. The fourth-order valence-corrected chi connectivity index (χ4v) is 2.40. The third kappa shape index (κ3) is 4.20. The highest BCUT2D eigenvalue weighted by Gasteiger charge is 2.24. The summed E-state index contributed by atoms with van der Waals surface area (Å²) in [5, 5.41) is 10.4. The Kier molecular flexibility index (Phi) is 5.01. The summed E-state index contributed by atoms with van der Waals surface area (Å²) in [5.41, 5.74) is -0.269. The molecule has 9 nitrogen and oxygen atoms in total. The Balaban J connectivity index is 1.85. The largest absolute Gasteiger partial charge is 0.352 e. The zero-order chi connectivity index (χ0) is 16.3. The van der Waals surface area contributed by atoms with Gasteiger partial charge in [-0.3, -0.25) is 14.4 Å². The minimum absolute atomic E-state index is 0.00486. The van der Waals surface area contributed by atoms with Crippen molar-refractivity contribution in [1.82, 2.24) is 25.1 Å². The molecule has 3 N–H and O–H groups in total. The molecule has 0 aromatic carbocycles. The van der Waals surface area contributed by atoms with Crippen LogP contribution in [0.5, 0.6) is 0 Å². The number of aromatic nitrogens is 3. The fraction of sp³-hybridized carbons (Fsp3) is 0.583. The first-order chi connectivity index (χ1) is 10.4. The number of carbonyl (C=O) groups is 2. The van der Waals surface area contributed by atoms with E-state index in [0.717, 1.165) is 29.3 Å². The SMILES string of the molecule is Cc1nnc(SCC(=O)N(C)CC(=O)NC2CC2)n(N)c1=O. The third-order valence-electron chi connectivity index (χ3n) is 3.09. The highest BCUT2D eigenvalue weighted by Crippen LogP contribution is 2.18. The molecule has 0 unspecified atom stereocenters. The maximum atomic E-state index is 12.0. The summed E-state index contributed by atoms with van der Waals surface area (Å²) in [6.07, 6.45) is 2.00. The van der Waals surface area contributed by atoms with Crippen LogP contribution in [-0.4, -0.2) is 57.0 Å². The van der Waals surface area contributed by atoms with Gasteiger partial charge in [-0.2, -0.15) is 4.68 Å². The predicted octanol–water partition coefficient (Wildman–Crippen LogP) is -1.51. The molecular weight excluding hydrogens is 308 g/mol. The quantitative estimate of drug-likeness (QED) is 0.481. The van der Waals surface area contributed by atoms with Crippen molar-refractivity contribution in [2.75, 3.05) is 25.2 Å². The number of amides is 2. The first-order valence-electron chi connectivity index (χ1n) is 6.76. The van der Waals surface area contributed by atoms with Crippen LogP contribution in [0.3, 0.4) is 0 Å². The van der Waals surface area contributed by atoms with E-state index in [9.17, 15) is 14.4 Å². The number of nitrogens with zero attached hydrogens (tertiary/aromatic N) is 4. The molecule has 2 amide bonds. The molecule has 0 bridgehead atoms. The summed E-state index contributed by atoms with van der Waals surface area (Å²) in [6, 6.07) is 0.264. The molecule has 22 heavy (non-hydrogen) atoms. The lowest BCUT2D eigenvalue weighted by Gasteiger charge is -2.16. The highest BCUT2D eigenvalue weighted by atomic mass is 32.2. The molecule has 1 fully saturated rings. The van der Waals surface area contributed by atoms with Gasteiger partial charge in [0.05, 0.1) is 12.3 Å². The molecule has 1 aromatic rings. The van der Waals surface area contributed by atoms with Gasteiger partial charge in [-0.1, -0.05) is 11.8 Å². The molecule has 0 saturated heterocycles. The van der Waals surface area contributed by atoms with Gasteiger partial charge < -0.3 is 16.1 Å². The predicted molar refractivity (Wildman–Crippen MR) is 80.7 cm³/mol. The third-order valence-corrected chi connectivity index (χ3v) is 4.02. The van der Waals surface area contributed by atoms with Crippen LogP contribution in [0.25, 0.3) is 0 Å². The van der Waals surface area contributed by atoms with Gasteiger partial charge in [-0.05, 0) is 19.8 Å². The van der Waals surface area contributed by atoms with Crippen molar-refractivity contribution in [2.24, 2.45) is 0 Å². The minimum atomic E-state index is -0.456. The van der Waals surface area contributed by atoms with Gasteiger partial charge in [0.15, 0.2) is 0 Å². The Labute approximate surface area is 131 Å². The van der Waals surface area contributed by atoms with Gasteiger partial charge in [0.2, 0.25) is 17.0 Å². The second-order valence-corrected chi connectivity index (χ2v) is 6.07. The van der Waals surface area contributed by atoms with Crippen molar-refractivity contribution in [3.05, 3.63) is 16.0 Å². The normalized spacial score (nSPS) is 13.7. The fourth-order valence-electron chi connectivity index (χ4n) is 1.61. The first-order valence-corrected chi connectivity index (χ1v) is 7.74. The van der Waals surface area contributed by atoms with Crippen molar-refractivity contribution >= 4 is 23.6 Å². The van der Waals surface area contributed by atoms with Gasteiger partial charge in [0, 0.05) is 13.1 Å². The standard InChI is InChI=1S/C12H18N6O3S/c1-7-11(21)18(13)12(16-15-7)22-6-10(20)17(2)5-9(19)14-8-3-4-8/h8H,3-6,13H2,1-2H3,(H,14,19). The molecule has 1 aliphatic rings. The lowest BCUT2D eigenvalue weighted by molar-refractivity contribution is -0.132. The Hall–Kier alpha value is -2.10. The average Bonchev–Trinajstić information content (AvgIpc) is 3.27. The number of aryl methyl sites for hydroxylation is 1. The van der Waals surface area contributed by atoms with Crippen LogP contribution in [0, 0.1) is 6.92 Å². The van der Waals surface area contributed by atoms with E-state index in [1.807, 2.05) is 0 Å². The number of rotatable bonds is 6. The summed E-state index contributed by atoms with van der Waals surface area (Å²) >= 11 is 1.00. The summed E-state index contributed by atoms with van der Waals surface area (Å²) in [5.74, 6) is 5.16. The smallest absolute Gasteiger partial charge is 0.294 e. The van der Waals surface area contributed by atoms with Gasteiger partial charge in [0.25, 0.3) is 5.56 Å². The van der Waals surface area contributed by atoms with E-state index in [0.29, 0.717) is 0 Å². The summed E-state index contributed by atoms with van der Waals surface area (Å²) in [7, 11) is 1.55. The number of nitrogen functional groups attached to an aromatic ring is 1. The molecule has 0 spiro atoms. The molecule has 120 valence electrons. The highest BCUT2D eigenvalue weighted by molar-refractivity contribution is 7.99. The molecule has 0 radical (unpaired) electrons. The van der Waals surface area contributed by atoms with E-state index >= 15 is 0 Å². The molecule has 1 heterocycles. The molecule has 0 atom stereocenters. The van der Waals surface area contributed by atoms with E-state index in [4.69, 9.17) is 5.84 Å². The second kappa shape index (κ2) is 6.77. The topological polar surface area (TPSA) is 123 Å². The van der Waals surface area contributed by atoms with Crippen LogP contribution in [0.1, 0.15) is 18.5 Å². The number of nitrogens with one attached hydrogen (secondary N) is 1. The molecular formula is C12H18N6O3S. The van der Waals surface area contributed by atoms with Crippen LogP contribution in [0.15, 0.2) is 9.95 Å². The van der Waals surface area contributed by atoms with Crippen molar-refractivity contribution in [3.63, 3.8) is 0 Å². The molecule has 2 rings (SSSR count). The average molecular weight is 326 g/mol. The maximum absolute atomic E-state index is 12.0. The van der Waals surface area contributed by atoms with Crippen molar-refractivity contribution in [1.29, 1.82) is 0 Å². The number of likely N-dealkylation sites (N-methyl/N-ethyl adjacent to an activating group) is 1. The van der Waals surface area contributed by atoms with Gasteiger partial charge >= 0.3 is 0 Å². The molecule has 1 saturated carbocycles. The number of carbonyl (C=O) groups excluding carboxylic acids is 2.